The van der Waals surface area contributed by atoms with E-state index in [9.17, 15) is 14.7 Å². The Kier molecular flexibility index (Phi) is 6.28. The molecule has 0 aromatic rings. The van der Waals surface area contributed by atoms with Gasteiger partial charge < -0.3 is 16.2 Å². The van der Waals surface area contributed by atoms with Crippen LogP contribution in [0.15, 0.2) is 0 Å². The molecule has 5 heteroatoms. The minimum absolute atomic E-state index is 0.0430. The topological polar surface area (TPSA) is 92.4 Å². The van der Waals surface area contributed by atoms with Crippen molar-refractivity contribution in [3.05, 3.63) is 0 Å². The van der Waals surface area contributed by atoms with E-state index in [4.69, 9.17) is 5.73 Å². The van der Waals surface area contributed by atoms with E-state index in [1.807, 2.05) is 13.8 Å². The summed E-state index contributed by atoms with van der Waals surface area (Å²) in [6.45, 7) is 3.98. The Bertz CT molecular complexity index is 312. The molecule has 0 aromatic heterocycles. The number of amides is 1. The first kappa shape index (κ1) is 16.0. The van der Waals surface area contributed by atoms with Gasteiger partial charge in [0, 0.05) is 0 Å². The Balaban J connectivity index is 2.57. The van der Waals surface area contributed by atoms with E-state index in [1.165, 1.54) is 0 Å². The second-order valence-electron chi connectivity index (χ2n) is 5.96. The SMILES string of the molecule is CC(C)CC(N)C(=O)NC(C(=O)O)C1CCCCC1. The highest BCUT2D eigenvalue weighted by molar-refractivity contribution is 5.86. The standard InChI is InChI=1S/C14H26N2O3/c1-9(2)8-11(15)13(17)16-12(14(18)19)10-6-4-3-5-7-10/h9-12H,3-8,15H2,1-2H3,(H,16,17)(H,18,19). The predicted octanol–water partition coefficient (Wildman–Crippen LogP) is 1.51. The molecule has 2 atom stereocenters. The number of carboxylic acids is 1. The van der Waals surface area contributed by atoms with Crippen LogP contribution in [0.25, 0.3) is 0 Å². The molecule has 1 fully saturated rings. The normalized spacial score (nSPS) is 20.0. The van der Waals surface area contributed by atoms with Crippen LogP contribution in [0.5, 0.6) is 0 Å². The van der Waals surface area contributed by atoms with Crippen LogP contribution in [0.4, 0.5) is 0 Å². The van der Waals surface area contributed by atoms with E-state index in [1.54, 1.807) is 0 Å². The first-order valence-corrected chi connectivity index (χ1v) is 7.20. The highest BCUT2D eigenvalue weighted by Gasteiger charge is 2.31. The molecule has 0 bridgehead atoms. The minimum Gasteiger partial charge on any atom is -0.480 e. The van der Waals surface area contributed by atoms with Crippen molar-refractivity contribution in [1.82, 2.24) is 5.32 Å². The summed E-state index contributed by atoms with van der Waals surface area (Å²) in [5.74, 6) is -0.927. The van der Waals surface area contributed by atoms with E-state index in [-0.39, 0.29) is 11.8 Å². The van der Waals surface area contributed by atoms with Crippen molar-refractivity contribution in [3.63, 3.8) is 0 Å². The van der Waals surface area contributed by atoms with Gasteiger partial charge in [-0.1, -0.05) is 33.1 Å². The summed E-state index contributed by atoms with van der Waals surface area (Å²) in [4.78, 5) is 23.3. The molecule has 1 saturated carbocycles. The summed E-state index contributed by atoms with van der Waals surface area (Å²) in [6, 6.07) is -1.41. The summed E-state index contributed by atoms with van der Waals surface area (Å²) in [7, 11) is 0. The summed E-state index contributed by atoms with van der Waals surface area (Å²) in [6.07, 6.45) is 5.56. The van der Waals surface area contributed by atoms with E-state index in [0.29, 0.717) is 12.3 Å². The van der Waals surface area contributed by atoms with Crippen LogP contribution >= 0.6 is 0 Å². The molecule has 1 amide bonds. The quantitative estimate of drug-likeness (QED) is 0.682. The molecule has 0 aliphatic heterocycles. The van der Waals surface area contributed by atoms with Crippen molar-refractivity contribution in [3.8, 4) is 0 Å². The van der Waals surface area contributed by atoms with Crippen LogP contribution in [-0.2, 0) is 9.59 Å². The molecular formula is C14H26N2O3. The van der Waals surface area contributed by atoms with Crippen molar-refractivity contribution in [1.29, 1.82) is 0 Å². The highest BCUT2D eigenvalue weighted by atomic mass is 16.4. The summed E-state index contributed by atoms with van der Waals surface area (Å²) >= 11 is 0. The van der Waals surface area contributed by atoms with Crippen molar-refractivity contribution < 1.29 is 14.7 Å². The Labute approximate surface area is 114 Å². The van der Waals surface area contributed by atoms with Gasteiger partial charge in [-0.2, -0.15) is 0 Å². The molecular weight excluding hydrogens is 244 g/mol. The fourth-order valence-electron chi connectivity index (χ4n) is 2.72. The third-order valence-electron chi connectivity index (χ3n) is 3.75. The molecule has 2 unspecified atom stereocenters. The van der Waals surface area contributed by atoms with Crippen molar-refractivity contribution in [2.45, 2.75) is 64.5 Å². The highest BCUT2D eigenvalue weighted by Crippen LogP contribution is 2.26. The molecule has 0 spiro atoms. The Morgan fingerprint density at radius 2 is 1.84 bits per heavy atom. The second-order valence-corrected chi connectivity index (χ2v) is 5.96. The third kappa shape index (κ3) is 5.19. The van der Waals surface area contributed by atoms with Crippen LogP contribution in [0.1, 0.15) is 52.4 Å². The van der Waals surface area contributed by atoms with E-state index in [2.05, 4.69) is 5.32 Å². The molecule has 5 nitrogen and oxygen atoms in total. The zero-order valence-corrected chi connectivity index (χ0v) is 11.9. The smallest absolute Gasteiger partial charge is 0.326 e. The Morgan fingerprint density at radius 1 is 1.26 bits per heavy atom. The van der Waals surface area contributed by atoms with Crippen LogP contribution in [-0.4, -0.2) is 29.1 Å². The number of hydrogen-bond donors (Lipinski definition) is 3. The number of rotatable bonds is 6. The summed E-state index contributed by atoms with van der Waals surface area (Å²) in [5.41, 5.74) is 5.79. The maximum Gasteiger partial charge on any atom is 0.326 e. The summed E-state index contributed by atoms with van der Waals surface area (Å²) in [5, 5.41) is 11.9. The monoisotopic (exact) mass is 270 g/mol. The van der Waals surface area contributed by atoms with E-state index >= 15 is 0 Å². The number of hydrogen-bond acceptors (Lipinski definition) is 3. The molecule has 0 aromatic carbocycles. The molecule has 0 radical (unpaired) electrons. The summed E-state index contributed by atoms with van der Waals surface area (Å²) < 4.78 is 0. The Hall–Kier alpha value is -1.10. The van der Waals surface area contributed by atoms with Crippen molar-refractivity contribution in [2.75, 3.05) is 0 Å². The van der Waals surface area contributed by atoms with Gasteiger partial charge in [0.2, 0.25) is 5.91 Å². The minimum atomic E-state index is -0.947. The van der Waals surface area contributed by atoms with Crippen LogP contribution in [0, 0.1) is 11.8 Å². The molecule has 1 aliphatic carbocycles. The predicted molar refractivity (Wildman–Crippen MR) is 73.6 cm³/mol. The largest absolute Gasteiger partial charge is 0.480 e. The van der Waals surface area contributed by atoms with Gasteiger partial charge in [-0.15, -0.1) is 0 Å². The Morgan fingerprint density at radius 3 is 2.32 bits per heavy atom. The maximum absolute atomic E-state index is 11.9. The lowest BCUT2D eigenvalue weighted by Gasteiger charge is -2.29. The van der Waals surface area contributed by atoms with Crippen LogP contribution < -0.4 is 11.1 Å². The van der Waals surface area contributed by atoms with Gasteiger partial charge in [0.05, 0.1) is 6.04 Å². The van der Waals surface area contributed by atoms with Gasteiger partial charge in [0.15, 0.2) is 0 Å². The average molecular weight is 270 g/mol. The molecule has 110 valence electrons. The zero-order valence-electron chi connectivity index (χ0n) is 11.9. The van der Waals surface area contributed by atoms with Gasteiger partial charge in [-0.3, -0.25) is 4.79 Å². The van der Waals surface area contributed by atoms with Gasteiger partial charge in [0.1, 0.15) is 6.04 Å². The average Bonchev–Trinajstić information content (AvgIpc) is 2.35. The number of nitrogens with two attached hydrogens (primary N) is 1. The fraction of sp³-hybridized carbons (Fsp3) is 0.857. The lowest BCUT2D eigenvalue weighted by atomic mass is 9.83. The first-order chi connectivity index (χ1) is 8.91. The van der Waals surface area contributed by atoms with Crippen LogP contribution in [0.2, 0.25) is 0 Å². The number of carbonyl (C=O) groups is 2. The number of nitrogens with one attached hydrogen (secondary N) is 1. The zero-order chi connectivity index (χ0) is 14.4. The van der Waals surface area contributed by atoms with E-state index in [0.717, 1.165) is 32.1 Å². The fourth-order valence-corrected chi connectivity index (χ4v) is 2.72. The van der Waals surface area contributed by atoms with Gasteiger partial charge in [0.25, 0.3) is 0 Å². The lowest BCUT2D eigenvalue weighted by Crippen LogP contribution is -2.52. The number of aliphatic carboxylic acids is 1. The maximum atomic E-state index is 11.9. The molecule has 0 heterocycles. The van der Waals surface area contributed by atoms with Crippen molar-refractivity contribution >= 4 is 11.9 Å². The molecule has 1 aliphatic rings. The van der Waals surface area contributed by atoms with Crippen LogP contribution in [0.3, 0.4) is 0 Å². The molecule has 19 heavy (non-hydrogen) atoms. The van der Waals surface area contributed by atoms with E-state index < -0.39 is 18.1 Å². The third-order valence-corrected chi connectivity index (χ3v) is 3.75. The van der Waals surface area contributed by atoms with Gasteiger partial charge in [-0.25, -0.2) is 4.79 Å². The van der Waals surface area contributed by atoms with Gasteiger partial charge in [-0.05, 0) is 31.1 Å². The first-order valence-electron chi connectivity index (χ1n) is 7.20. The lowest BCUT2D eigenvalue weighted by molar-refractivity contribution is -0.144. The van der Waals surface area contributed by atoms with Crippen molar-refractivity contribution in [2.24, 2.45) is 17.6 Å². The second kappa shape index (κ2) is 7.48. The van der Waals surface area contributed by atoms with Gasteiger partial charge >= 0.3 is 5.97 Å². The molecule has 1 rings (SSSR count). The molecule has 4 N–H and O–H groups in total. The molecule has 0 saturated heterocycles. The number of carbonyl (C=O) groups excluding carboxylic acids is 1. The number of carboxylic acid groups (broad SMARTS) is 1.